The molecule has 6 heteroatoms. The zero-order valence-corrected chi connectivity index (χ0v) is 10.6. The van der Waals surface area contributed by atoms with Gasteiger partial charge in [-0.05, 0) is 28.1 Å². The van der Waals surface area contributed by atoms with Crippen LogP contribution in [0.3, 0.4) is 0 Å². The highest BCUT2D eigenvalue weighted by molar-refractivity contribution is 9.10. The molecule has 1 N–H and O–H groups in total. The van der Waals surface area contributed by atoms with Crippen LogP contribution in [0.25, 0.3) is 0 Å². The summed E-state index contributed by atoms with van der Waals surface area (Å²) in [5.74, 6) is -0.520. The van der Waals surface area contributed by atoms with Crippen molar-refractivity contribution in [2.75, 3.05) is 20.6 Å². The van der Waals surface area contributed by atoms with Crippen LogP contribution >= 0.6 is 15.9 Å². The normalized spacial score (nSPS) is 9.69. The molecule has 0 aliphatic carbocycles. The van der Waals surface area contributed by atoms with Crippen molar-refractivity contribution in [1.82, 2.24) is 15.2 Å². The first-order valence-electron chi connectivity index (χ1n) is 4.60. The van der Waals surface area contributed by atoms with E-state index < -0.39 is 0 Å². The van der Waals surface area contributed by atoms with Crippen LogP contribution < -0.4 is 5.32 Å². The van der Waals surface area contributed by atoms with Gasteiger partial charge in [-0.2, -0.15) is 0 Å². The summed E-state index contributed by atoms with van der Waals surface area (Å²) in [6, 6.07) is 3.30. The topological polar surface area (TPSA) is 62.3 Å². The smallest absolute Gasteiger partial charge is 0.270 e. The van der Waals surface area contributed by atoms with Crippen LogP contribution in [0.2, 0.25) is 0 Å². The molecule has 1 aromatic heterocycles. The first-order chi connectivity index (χ1) is 7.50. The summed E-state index contributed by atoms with van der Waals surface area (Å²) < 4.78 is 0.799. The lowest BCUT2D eigenvalue weighted by Crippen LogP contribution is -2.36. The SMILES string of the molecule is CN(C)C(=O)CNC(=O)c1ccc(Br)cn1. The zero-order chi connectivity index (χ0) is 12.1. The molecule has 0 aromatic carbocycles. The maximum atomic E-state index is 11.5. The lowest BCUT2D eigenvalue weighted by Gasteiger charge is -2.10. The van der Waals surface area contributed by atoms with Crippen LogP contribution in [0.1, 0.15) is 10.5 Å². The molecule has 0 saturated carbocycles. The van der Waals surface area contributed by atoms with Gasteiger partial charge in [0.05, 0.1) is 6.54 Å². The zero-order valence-electron chi connectivity index (χ0n) is 9.03. The molecule has 0 unspecified atom stereocenters. The summed E-state index contributed by atoms with van der Waals surface area (Å²) in [5, 5.41) is 2.49. The van der Waals surface area contributed by atoms with Gasteiger partial charge < -0.3 is 10.2 Å². The quantitative estimate of drug-likeness (QED) is 0.888. The van der Waals surface area contributed by atoms with Crippen LogP contribution in [-0.4, -0.2) is 42.3 Å². The molecule has 0 aliphatic heterocycles. The van der Waals surface area contributed by atoms with Crippen molar-refractivity contribution in [3.8, 4) is 0 Å². The van der Waals surface area contributed by atoms with Crippen molar-refractivity contribution in [2.24, 2.45) is 0 Å². The molecule has 5 nitrogen and oxygen atoms in total. The van der Waals surface area contributed by atoms with Crippen LogP contribution in [-0.2, 0) is 4.79 Å². The number of hydrogen-bond acceptors (Lipinski definition) is 3. The molecule has 16 heavy (non-hydrogen) atoms. The number of likely N-dealkylation sites (N-methyl/N-ethyl adjacent to an activating group) is 1. The summed E-state index contributed by atoms with van der Waals surface area (Å²) in [4.78, 5) is 28.1. The molecule has 0 atom stereocenters. The van der Waals surface area contributed by atoms with Crippen molar-refractivity contribution in [3.63, 3.8) is 0 Å². The predicted octanol–water partition coefficient (Wildman–Crippen LogP) is 0.662. The van der Waals surface area contributed by atoms with E-state index in [1.807, 2.05) is 0 Å². The molecular formula is C10H12BrN3O2. The van der Waals surface area contributed by atoms with E-state index in [-0.39, 0.29) is 24.1 Å². The minimum Gasteiger partial charge on any atom is -0.347 e. The number of amides is 2. The Morgan fingerprint density at radius 3 is 2.62 bits per heavy atom. The first kappa shape index (κ1) is 12.6. The maximum absolute atomic E-state index is 11.5. The average Bonchev–Trinajstić information content (AvgIpc) is 2.26. The summed E-state index contributed by atoms with van der Waals surface area (Å²) in [6.45, 7) is -0.0242. The molecule has 1 rings (SSSR count). The molecule has 0 spiro atoms. The van der Waals surface area contributed by atoms with Crippen molar-refractivity contribution < 1.29 is 9.59 Å². The number of hydrogen-bond donors (Lipinski definition) is 1. The van der Waals surface area contributed by atoms with Crippen molar-refractivity contribution in [2.45, 2.75) is 0 Å². The minimum atomic E-state index is -0.359. The minimum absolute atomic E-state index is 0.0242. The Labute approximate surface area is 102 Å². The second-order valence-corrected chi connectivity index (χ2v) is 4.25. The van der Waals surface area contributed by atoms with Crippen molar-refractivity contribution in [1.29, 1.82) is 0 Å². The van der Waals surface area contributed by atoms with Crippen molar-refractivity contribution >= 4 is 27.7 Å². The Morgan fingerprint density at radius 2 is 2.12 bits per heavy atom. The van der Waals surface area contributed by atoms with E-state index in [1.165, 1.54) is 11.1 Å². The van der Waals surface area contributed by atoms with Gasteiger partial charge in [0.25, 0.3) is 5.91 Å². The summed E-state index contributed by atoms with van der Waals surface area (Å²) in [7, 11) is 3.26. The van der Waals surface area contributed by atoms with Gasteiger partial charge in [-0.3, -0.25) is 9.59 Å². The van der Waals surface area contributed by atoms with E-state index in [0.717, 1.165) is 4.47 Å². The number of nitrogens with one attached hydrogen (secondary N) is 1. The fraction of sp³-hybridized carbons (Fsp3) is 0.300. The predicted molar refractivity (Wildman–Crippen MR) is 63.0 cm³/mol. The van der Waals surface area contributed by atoms with Gasteiger partial charge in [-0.1, -0.05) is 0 Å². The number of pyridine rings is 1. The number of carbonyl (C=O) groups is 2. The van der Waals surface area contributed by atoms with E-state index >= 15 is 0 Å². The average molecular weight is 286 g/mol. The Kier molecular flexibility index (Phi) is 4.42. The molecule has 0 fully saturated rings. The number of halogens is 1. The highest BCUT2D eigenvalue weighted by atomic mass is 79.9. The molecule has 1 aromatic rings. The van der Waals surface area contributed by atoms with Gasteiger partial charge in [0.15, 0.2) is 0 Å². The molecule has 2 amide bonds. The molecule has 0 saturated heterocycles. The monoisotopic (exact) mass is 285 g/mol. The van der Waals surface area contributed by atoms with Crippen molar-refractivity contribution in [3.05, 3.63) is 28.5 Å². The third-order valence-corrected chi connectivity index (χ3v) is 2.33. The first-order valence-corrected chi connectivity index (χ1v) is 5.40. The van der Waals surface area contributed by atoms with Crippen LogP contribution in [0.4, 0.5) is 0 Å². The summed E-state index contributed by atoms with van der Waals surface area (Å²) >= 11 is 3.22. The lowest BCUT2D eigenvalue weighted by molar-refractivity contribution is -0.127. The van der Waals surface area contributed by atoms with Gasteiger partial charge in [-0.15, -0.1) is 0 Å². The highest BCUT2D eigenvalue weighted by Gasteiger charge is 2.09. The lowest BCUT2D eigenvalue weighted by atomic mass is 10.3. The Hall–Kier alpha value is -1.43. The molecular weight excluding hydrogens is 274 g/mol. The van der Waals surface area contributed by atoms with Gasteiger partial charge in [-0.25, -0.2) is 4.98 Å². The second-order valence-electron chi connectivity index (χ2n) is 3.33. The van der Waals surface area contributed by atoms with E-state index in [9.17, 15) is 9.59 Å². The van der Waals surface area contributed by atoms with Crippen LogP contribution in [0, 0.1) is 0 Å². The van der Waals surface area contributed by atoms with Crippen LogP contribution in [0.5, 0.6) is 0 Å². The summed E-state index contributed by atoms with van der Waals surface area (Å²) in [6.07, 6.45) is 1.53. The van der Waals surface area contributed by atoms with E-state index in [4.69, 9.17) is 0 Å². The number of rotatable bonds is 3. The number of carbonyl (C=O) groups excluding carboxylic acids is 2. The summed E-state index contributed by atoms with van der Waals surface area (Å²) in [5.41, 5.74) is 0.287. The Bertz CT molecular complexity index is 390. The number of aromatic nitrogens is 1. The molecule has 86 valence electrons. The largest absolute Gasteiger partial charge is 0.347 e. The molecule has 0 radical (unpaired) electrons. The number of nitrogens with zero attached hydrogens (tertiary/aromatic N) is 2. The third-order valence-electron chi connectivity index (χ3n) is 1.86. The third kappa shape index (κ3) is 3.62. The Balaban J connectivity index is 2.53. The Morgan fingerprint density at radius 1 is 1.44 bits per heavy atom. The van der Waals surface area contributed by atoms with E-state index in [2.05, 4.69) is 26.2 Å². The maximum Gasteiger partial charge on any atom is 0.270 e. The van der Waals surface area contributed by atoms with E-state index in [0.29, 0.717) is 0 Å². The second kappa shape index (κ2) is 5.60. The fourth-order valence-corrected chi connectivity index (χ4v) is 1.15. The molecule has 1 heterocycles. The van der Waals surface area contributed by atoms with E-state index in [1.54, 1.807) is 26.2 Å². The van der Waals surface area contributed by atoms with Gasteiger partial charge in [0.2, 0.25) is 5.91 Å². The van der Waals surface area contributed by atoms with Gasteiger partial charge in [0, 0.05) is 24.8 Å². The fourth-order valence-electron chi connectivity index (χ4n) is 0.915. The molecule has 0 aliphatic rings. The van der Waals surface area contributed by atoms with Gasteiger partial charge in [0.1, 0.15) is 5.69 Å². The molecule has 0 bridgehead atoms. The standard InChI is InChI=1S/C10H12BrN3O2/c1-14(2)9(15)6-13-10(16)8-4-3-7(11)5-12-8/h3-5H,6H2,1-2H3,(H,13,16). The highest BCUT2D eigenvalue weighted by Crippen LogP contribution is 2.06. The van der Waals surface area contributed by atoms with Crippen LogP contribution in [0.15, 0.2) is 22.8 Å². The van der Waals surface area contributed by atoms with Gasteiger partial charge >= 0.3 is 0 Å².